The second-order valence-corrected chi connectivity index (χ2v) is 9.81. The lowest BCUT2D eigenvalue weighted by Crippen LogP contribution is -2.43. The van der Waals surface area contributed by atoms with Crippen molar-refractivity contribution >= 4 is 12.0 Å². The van der Waals surface area contributed by atoms with Crippen molar-refractivity contribution in [3.05, 3.63) is 0 Å². The Balaban J connectivity index is 1.63. The van der Waals surface area contributed by atoms with E-state index in [4.69, 9.17) is 9.47 Å². The van der Waals surface area contributed by atoms with E-state index in [0.29, 0.717) is 37.3 Å². The molecule has 0 radical (unpaired) electrons. The summed E-state index contributed by atoms with van der Waals surface area (Å²) >= 11 is 0. The molecule has 2 aliphatic rings. The van der Waals surface area contributed by atoms with Gasteiger partial charge in [-0.05, 0) is 51.4 Å². The van der Waals surface area contributed by atoms with Crippen LogP contribution in [-0.2, 0) is 14.3 Å². The van der Waals surface area contributed by atoms with Crippen LogP contribution in [0.15, 0.2) is 0 Å². The molecule has 2 saturated heterocycles. The summed E-state index contributed by atoms with van der Waals surface area (Å²) in [5.41, 5.74) is -0.460. The third-order valence-corrected chi connectivity index (χ3v) is 5.82. The first-order valence-electron chi connectivity index (χ1n) is 11.2. The van der Waals surface area contributed by atoms with Crippen LogP contribution >= 0.6 is 0 Å². The fraction of sp³-hybridized carbons (Fsp3) is 0.909. The van der Waals surface area contributed by atoms with Gasteiger partial charge in [0.1, 0.15) is 5.60 Å². The molecular formula is C22H41N3O4. The predicted molar refractivity (Wildman–Crippen MR) is 114 cm³/mol. The number of hydrogen-bond donors (Lipinski definition) is 1. The normalized spacial score (nSPS) is 21.5. The minimum atomic E-state index is -0.460. The third kappa shape index (κ3) is 8.91. The molecule has 29 heavy (non-hydrogen) atoms. The number of carbonyl (C=O) groups excluding carboxylic acids is 2. The van der Waals surface area contributed by atoms with Gasteiger partial charge in [0.2, 0.25) is 5.91 Å². The SMILES string of the molecule is C[C@H](CNC(=O)C[C@@H](C)C1CCN(C(=O)OC(C)(C)C)CC1)CN1CCOCC1. The van der Waals surface area contributed by atoms with Gasteiger partial charge < -0.3 is 19.7 Å². The first-order valence-corrected chi connectivity index (χ1v) is 11.2. The number of piperidine rings is 1. The summed E-state index contributed by atoms with van der Waals surface area (Å²) in [7, 11) is 0. The molecule has 0 aliphatic carbocycles. The zero-order valence-electron chi connectivity index (χ0n) is 19.0. The molecule has 2 amide bonds. The van der Waals surface area contributed by atoms with Crippen molar-refractivity contribution in [2.75, 3.05) is 52.5 Å². The van der Waals surface area contributed by atoms with Crippen LogP contribution in [0.2, 0.25) is 0 Å². The molecule has 0 unspecified atom stereocenters. The van der Waals surface area contributed by atoms with E-state index in [0.717, 1.165) is 52.2 Å². The average molecular weight is 412 g/mol. The zero-order valence-corrected chi connectivity index (χ0v) is 19.0. The first kappa shape index (κ1) is 23.9. The van der Waals surface area contributed by atoms with Crippen molar-refractivity contribution in [3.63, 3.8) is 0 Å². The van der Waals surface area contributed by atoms with E-state index >= 15 is 0 Å². The maximum absolute atomic E-state index is 12.4. The molecule has 1 N–H and O–H groups in total. The van der Waals surface area contributed by atoms with Crippen LogP contribution in [0, 0.1) is 17.8 Å². The quantitative estimate of drug-likeness (QED) is 0.697. The van der Waals surface area contributed by atoms with E-state index in [1.165, 1.54) is 0 Å². The van der Waals surface area contributed by atoms with Crippen molar-refractivity contribution in [2.45, 2.75) is 59.5 Å². The Morgan fingerprint density at radius 3 is 2.31 bits per heavy atom. The van der Waals surface area contributed by atoms with Crippen LogP contribution in [0.4, 0.5) is 4.79 Å². The van der Waals surface area contributed by atoms with Gasteiger partial charge in [-0.25, -0.2) is 4.79 Å². The number of hydrogen-bond acceptors (Lipinski definition) is 5. The largest absolute Gasteiger partial charge is 0.444 e. The lowest BCUT2D eigenvalue weighted by Gasteiger charge is -2.35. The number of rotatable bonds is 7. The number of nitrogens with one attached hydrogen (secondary N) is 1. The molecule has 2 atom stereocenters. The third-order valence-electron chi connectivity index (χ3n) is 5.82. The van der Waals surface area contributed by atoms with Gasteiger partial charge in [-0.1, -0.05) is 13.8 Å². The van der Waals surface area contributed by atoms with Crippen LogP contribution in [0.5, 0.6) is 0 Å². The number of nitrogens with zero attached hydrogens (tertiary/aromatic N) is 2. The minimum absolute atomic E-state index is 0.140. The Labute approximate surface area is 176 Å². The van der Waals surface area contributed by atoms with Crippen LogP contribution in [0.3, 0.4) is 0 Å². The van der Waals surface area contributed by atoms with Gasteiger partial charge >= 0.3 is 6.09 Å². The lowest BCUT2D eigenvalue weighted by atomic mass is 9.83. The Morgan fingerprint density at radius 2 is 1.72 bits per heavy atom. The summed E-state index contributed by atoms with van der Waals surface area (Å²) in [4.78, 5) is 28.8. The van der Waals surface area contributed by atoms with E-state index in [1.54, 1.807) is 4.90 Å². The standard InChI is InChI=1S/C22H41N3O4/c1-17(16-24-10-12-28-13-11-24)15-23-20(26)14-18(2)19-6-8-25(9-7-19)21(27)29-22(3,4)5/h17-19H,6-16H2,1-5H3,(H,23,26)/t17-,18-/m1/s1. The molecule has 0 bridgehead atoms. The van der Waals surface area contributed by atoms with E-state index < -0.39 is 5.60 Å². The molecule has 7 nitrogen and oxygen atoms in total. The molecule has 0 spiro atoms. The lowest BCUT2D eigenvalue weighted by molar-refractivity contribution is -0.122. The molecular weight excluding hydrogens is 370 g/mol. The minimum Gasteiger partial charge on any atom is -0.444 e. The fourth-order valence-corrected chi connectivity index (χ4v) is 4.09. The smallest absolute Gasteiger partial charge is 0.410 e. The summed E-state index contributed by atoms with van der Waals surface area (Å²) in [6.07, 6.45) is 2.19. The Kier molecular flexibility index (Phi) is 9.21. The summed E-state index contributed by atoms with van der Waals surface area (Å²) in [5.74, 6) is 1.38. The number of morpholine rings is 1. The van der Waals surface area contributed by atoms with Crippen molar-refractivity contribution in [2.24, 2.45) is 17.8 Å². The van der Waals surface area contributed by atoms with Gasteiger partial charge in [0.05, 0.1) is 13.2 Å². The molecule has 0 aromatic rings. The highest BCUT2D eigenvalue weighted by Crippen LogP contribution is 2.28. The molecule has 0 aromatic heterocycles. The molecule has 168 valence electrons. The number of ether oxygens (including phenoxy) is 2. The maximum atomic E-state index is 12.4. The highest BCUT2D eigenvalue weighted by atomic mass is 16.6. The monoisotopic (exact) mass is 411 g/mol. The highest BCUT2D eigenvalue weighted by molar-refractivity contribution is 5.76. The van der Waals surface area contributed by atoms with Gasteiger partial charge in [-0.3, -0.25) is 9.69 Å². The van der Waals surface area contributed by atoms with Crippen LogP contribution in [0.25, 0.3) is 0 Å². The van der Waals surface area contributed by atoms with Gasteiger partial charge in [0, 0.05) is 45.7 Å². The highest BCUT2D eigenvalue weighted by Gasteiger charge is 2.29. The second-order valence-electron chi connectivity index (χ2n) is 9.81. The Morgan fingerprint density at radius 1 is 1.10 bits per heavy atom. The number of carbonyl (C=O) groups is 2. The summed E-state index contributed by atoms with van der Waals surface area (Å²) < 4.78 is 10.8. The van der Waals surface area contributed by atoms with Gasteiger partial charge in [-0.2, -0.15) is 0 Å². The van der Waals surface area contributed by atoms with Gasteiger partial charge in [0.15, 0.2) is 0 Å². The molecule has 0 aromatic carbocycles. The van der Waals surface area contributed by atoms with Crippen LogP contribution < -0.4 is 5.32 Å². The van der Waals surface area contributed by atoms with Crippen molar-refractivity contribution in [1.82, 2.24) is 15.1 Å². The number of likely N-dealkylation sites (tertiary alicyclic amines) is 1. The van der Waals surface area contributed by atoms with Gasteiger partial charge in [0.25, 0.3) is 0 Å². The second kappa shape index (κ2) is 11.2. The Bertz CT molecular complexity index is 521. The molecule has 2 heterocycles. The Hall–Kier alpha value is -1.34. The first-order chi connectivity index (χ1) is 13.6. The molecule has 7 heteroatoms. The topological polar surface area (TPSA) is 71.1 Å². The summed E-state index contributed by atoms with van der Waals surface area (Å²) in [6.45, 7) is 16.7. The number of amides is 2. The average Bonchev–Trinajstić information content (AvgIpc) is 2.66. The maximum Gasteiger partial charge on any atom is 0.410 e. The van der Waals surface area contributed by atoms with Crippen molar-refractivity contribution in [3.8, 4) is 0 Å². The molecule has 2 aliphatic heterocycles. The van der Waals surface area contributed by atoms with Crippen LogP contribution in [-0.4, -0.2) is 79.9 Å². The molecule has 2 fully saturated rings. The molecule has 2 rings (SSSR count). The van der Waals surface area contributed by atoms with Crippen molar-refractivity contribution in [1.29, 1.82) is 0 Å². The van der Waals surface area contributed by atoms with E-state index in [9.17, 15) is 9.59 Å². The zero-order chi connectivity index (χ0) is 21.4. The predicted octanol–water partition coefficient (Wildman–Crippen LogP) is 2.74. The summed E-state index contributed by atoms with van der Waals surface area (Å²) in [6, 6.07) is 0. The van der Waals surface area contributed by atoms with Gasteiger partial charge in [-0.15, -0.1) is 0 Å². The summed E-state index contributed by atoms with van der Waals surface area (Å²) in [5, 5.41) is 3.11. The van der Waals surface area contributed by atoms with Crippen molar-refractivity contribution < 1.29 is 19.1 Å². The van der Waals surface area contributed by atoms with E-state index in [2.05, 4.69) is 24.1 Å². The van der Waals surface area contributed by atoms with E-state index in [-0.39, 0.29) is 12.0 Å². The van der Waals surface area contributed by atoms with E-state index in [1.807, 2.05) is 20.8 Å². The molecule has 0 saturated carbocycles. The fourth-order valence-electron chi connectivity index (χ4n) is 4.09. The van der Waals surface area contributed by atoms with Crippen LogP contribution in [0.1, 0.15) is 53.9 Å².